The minimum atomic E-state index is -0.680. The van der Waals surface area contributed by atoms with Crippen LogP contribution in [0.25, 0.3) is 0 Å². The average Bonchev–Trinajstić information content (AvgIpc) is 2.61. The Labute approximate surface area is 153 Å². The van der Waals surface area contributed by atoms with Crippen molar-refractivity contribution < 1.29 is 14.0 Å². The van der Waals surface area contributed by atoms with Crippen LogP contribution in [-0.2, 0) is 11.3 Å². The van der Waals surface area contributed by atoms with Crippen LogP contribution in [0, 0.1) is 18.7 Å². The Morgan fingerprint density at radius 2 is 1.77 bits per heavy atom. The molecule has 138 valence electrons. The Morgan fingerprint density at radius 3 is 2.38 bits per heavy atom. The number of carbonyl (C=O) groups excluding carboxylic acids is 2. The van der Waals surface area contributed by atoms with Gasteiger partial charge >= 0.3 is 6.03 Å². The van der Waals surface area contributed by atoms with Crippen LogP contribution >= 0.6 is 0 Å². The summed E-state index contributed by atoms with van der Waals surface area (Å²) in [6.07, 6.45) is 0. The van der Waals surface area contributed by atoms with Crippen molar-refractivity contribution in [1.82, 2.24) is 10.6 Å². The SMILES string of the molecule is Cc1cc(CNC(=O)[C@H](NC(=O)Nc2ccccc2)C(C)C)ccc1F. The zero-order valence-electron chi connectivity index (χ0n) is 15.2. The molecular weight excluding hydrogens is 333 g/mol. The molecule has 0 heterocycles. The second kappa shape index (κ2) is 8.99. The fraction of sp³-hybridized carbons (Fsp3) is 0.300. The maximum absolute atomic E-state index is 13.3. The van der Waals surface area contributed by atoms with E-state index in [0.29, 0.717) is 11.3 Å². The van der Waals surface area contributed by atoms with Gasteiger partial charge in [0.25, 0.3) is 0 Å². The molecule has 0 aliphatic heterocycles. The van der Waals surface area contributed by atoms with Crippen molar-refractivity contribution in [2.24, 2.45) is 5.92 Å². The smallest absolute Gasteiger partial charge is 0.319 e. The first-order valence-corrected chi connectivity index (χ1v) is 8.52. The van der Waals surface area contributed by atoms with Gasteiger partial charge in [-0.1, -0.05) is 44.2 Å². The number of hydrogen-bond donors (Lipinski definition) is 3. The van der Waals surface area contributed by atoms with Crippen LogP contribution in [0.3, 0.4) is 0 Å². The molecule has 2 aromatic carbocycles. The number of hydrogen-bond acceptors (Lipinski definition) is 2. The molecule has 26 heavy (non-hydrogen) atoms. The molecule has 0 aliphatic rings. The number of halogens is 1. The van der Waals surface area contributed by atoms with E-state index in [0.717, 1.165) is 5.56 Å². The first-order chi connectivity index (χ1) is 12.4. The Kier molecular flexibility index (Phi) is 6.72. The standard InChI is InChI=1S/C20H24FN3O2/c1-13(2)18(24-20(26)23-16-7-5-4-6-8-16)19(25)22-12-15-9-10-17(21)14(3)11-15/h4-11,13,18H,12H2,1-3H3,(H,22,25)(H2,23,24,26)/t18-/m1/s1. The third-order valence-corrected chi connectivity index (χ3v) is 3.96. The summed E-state index contributed by atoms with van der Waals surface area (Å²) in [6, 6.07) is 12.6. The predicted octanol–water partition coefficient (Wildman–Crippen LogP) is 3.60. The molecular formula is C20H24FN3O2. The van der Waals surface area contributed by atoms with E-state index >= 15 is 0 Å². The van der Waals surface area contributed by atoms with Gasteiger partial charge in [-0.3, -0.25) is 4.79 Å². The molecule has 5 nitrogen and oxygen atoms in total. The van der Waals surface area contributed by atoms with E-state index in [1.165, 1.54) is 6.07 Å². The third-order valence-electron chi connectivity index (χ3n) is 3.96. The van der Waals surface area contributed by atoms with E-state index in [-0.39, 0.29) is 24.2 Å². The third kappa shape index (κ3) is 5.58. The number of amides is 3. The lowest BCUT2D eigenvalue weighted by atomic mass is 10.0. The Hall–Kier alpha value is -2.89. The Morgan fingerprint density at radius 1 is 1.08 bits per heavy atom. The van der Waals surface area contributed by atoms with Crippen LogP contribution in [0.5, 0.6) is 0 Å². The van der Waals surface area contributed by atoms with Gasteiger partial charge in [0.2, 0.25) is 5.91 Å². The molecule has 3 N–H and O–H groups in total. The second-order valence-corrected chi connectivity index (χ2v) is 6.49. The highest BCUT2D eigenvalue weighted by molar-refractivity contribution is 5.93. The van der Waals surface area contributed by atoms with Crippen molar-refractivity contribution in [3.05, 3.63) is 65.5 Å². The van der Waals surface area contributed by atoms with Crippen LogP contribution in [0.1, 0.15) is 25.0 Å². The van der Waals surface area contributed by atoms with Gasteiger partial charge in [0.1, 0.15) is 11.9 Å². The molecule has 1 atom stereocenters. The summed E-state index contributed by atoms with van der Waals surface area (Å²) in [5, 5.41) is 8.19. The number of anilines is 1. The summed E-state index contributed by atoms with van der Waals surface area (Å²) < 4.78 is 13.3. The van der Waals surface area contributed by atoms with Crippen molar-refractivity contribution >= 4 is 17.6 Å². The molecule has 0 bridgehead atoms. The number of para-hydroxylation sites is 1. The van der Waals surface area contributed by atoms with Gasteiger partial charge in [0.15, 0.2) is 0 Å². The zero-order valence-corrected chi connectivity index (χ0v) is 15.2. The minimum Gasteiger partial charge on any atom is -0.350 e. The molecule has 2 aromatic rings. The lowest BCUT2D eigenvalue weighted by molar-refractivity contribution is -0.124. The van der Waals surface area contributed by atoms with Crippen molar-refractivity contribution in [3.63, 3.8) is 0 Å². The minimum absolute atomic E-state index is 0.0912. The fourth-order valence-corrected chi connectivity index (χ4v) is 2.48. The van der Waals surface area contributed by atoms with Crippen LogP contribution in [0.4, 0.5) is 14.9 Å². The molecule has 6 heteroatoms. The molecule has 0 aliphatic carbocycles. The quantitative estimate of drug-likeness (QED) is 0.739. The number of benzene rings is 2. The van der Waals surface area contributed by atoms with Gasteiger partial charge in [-0.15, -0.1) is 0 Å². The highest BCUT2D eigenvalue weighted by atomic mass is 19.1. The summed E-state index contributed by atoms with van der Waals surface area (Å²) in [6.45, 7) is 5.66. The Balaban J connectivity index is 1.93. The van der Waals surface area contributed by atoms with E-state index < -0.39 is 12.1 Å². The summed E-state index contributed by atoms with van der Waals surface area (Å²) >= 11 is 0. The van der Waals surface area contributed by atoms with E-state index in [9.17, 15) is 14.0 Å². The lowest BCUT2D eigenvalue weighted by Gasteiger charge is -2.22. The van der Waals surface area contributed by atoms with Crippen LogP contribution in [-0.4, -0.2) is 18.0 Å². The van der Waals surface area contributed by atoms with E-state index in [1.807, 2.05) is 32.0 Å². The molecule has 2 rings (SSSR count). The van der Waals surface area contributed by atoms with Gasteiger partial charge in [-0.25, -0.2) is 9.18 Å². The summed E-state index contributed by atoms with van der Waals surface area (Å²) in [4.78, 5) is 24.6. The summed E-state index contributed by atoms with van der Waals surface area (Å²) in [5.41, 5.74) is 1.97. The number of rotatable bonds is 6. The molecule has 0 spiro atoms. The van der Waals surface area contributed by atoms with Gasteiger partial charge in [0.05, 0.1) is 0 Å². The first kappa shape index (κ1) is 19.4. The zero-order chi connectivity index (χ0) is 19.1. The highest BCUT2D eigenvalue weighted by Gasteiger charge is 2.24. The van der Waals surface area contributed by atoms with Gasteiger partial charge in [-0.2, -0.15) is 0 Å². The first-order valence-electron chi connectivity index (χ1n) is 8.52. The van der Waals surface area contributed by atoms with E-state index in [4.69, 9.17) is 0 Å². The highest BCUT2D eigenvalue weighted by Crippen LogP contribution is 2.10. The number of urea groups is 1. The molecule has 0 radical (unpaired) electrons. The normalized spacial score (nSPS) is 11.7. The predicted molar refractivity (Wildman–Crippen MR) is 100 cm³/mol. The van der Waals surface area contributed by atoms with Crippen LogP contribution in [0.2, 0.25) is 0 Å². The van der Waals surface area contributed by atoms with E-state index in [2.05, 4.69) is 16.0 Å². The van der Waals surface area contributed by atoms with Crippen molar-refractivity contribution in [3.8, 4) is 0 Å². The van der Waals surface area contributed by atoms with Crippen LogP contribution in [0.15, 0.2) is 48.5 Å². The summed E-state index contributed by atoms with van der Waals surface area (Å²) in [7, 11) is 0. The maximum atomic E-state index is 13.3. The van der Waals surface area contributed by atoms with Gasteiger partial charge in [0, 0.05) is 12.2 Å². The van der Waals surface area contributed by atoms with Crippen molar-refractivity contribution in [1.29, 1.82) is 0 Å². The molecule has 0 aromatic heterocycles. The fourth-order valence-electron chi connectivity index (χ4n) is 2.48. The monoisotopic (exact) mass is 357 g/mol. The number of carbonyl (C=O) groups is 2. The molecule has 3 amide bonds. The van der Waals surface area contributed by atoms with Gasteiger partial charge in [-0.05, 0) is 42.2 Å². The van der Waals surface area contributed by atoms with Crippen molar-refractivity contribution in [2.75, 3.05) is 5.32 Å². The Bertz CT molecular complexity index is 763. The molecule has 0 saturated heterocycles. The number of aryl methyl sites for hydroxylation is 1. The molecule has 0 fully saturated rings. The molecule has 0 saturated carbocycles. The molecule has 0 unspecified atom stereocenters. The summed E-state index contributed by atoms with van der Waals surface area (Å²) in [5.74, 6) is -0.656. The lowest BCUT2D eigenvalue weighted by Crippen LogP contribution is -2.50. The van der Waals surface area contributed by atoms with E-state index in [1.54, 1.807) is 31.2 Å². The average molecular weight is 357 g/mol. The van der Waals surface area contributed by atoms with Crippen molar-refractivity contribution in [2.45, 2.75) is 33.4 Å². The second-order valence-electron chi connectivity index (χ2n) is 6.49. The number of nitrogens with one attached hydrogen (secondary N) is 3. The topological polar surface area (TPSA) is 70.2 Å². The maximum Gasteiger partial charge on any atom is 0.319 e. The largest absolute Gasteiger partial charge is 0.350 e. The van der Waals surface area contributed by atoms with Gasteiger partial charge < -0.3 is 16.0 Å². The van der Waals surface area contributed by atoms with Crippen LogP contribution < -0.4 is 16.0 Å².